The third-order valence-corrected chi connectivity index (χ3v) is 7.06. The van der Waals surface area contributed by atoms with Gasteiger partial charge in [0, 0.05) is 45.0 Å². The van der Waals surface area contributed by atoms with Gasteiger partial charge in [-0.15, -0.1) is 4.40 Å². The lowest BCUT2D eigenvalue weighted by Crippen LogP contribution is -2.42. The molecule has 3 heterocycles. The molecule has 0 bridgehead atoms. The van der Waals surface area contributed by atoms with E-state index in [0.717, 1.165) is 31.6 Å². The first kappa shape index (κ1) is 19.6. The Balaban J connectivity index is 1.38. The highest BCUT2D eigenvalue weighted by Crippen LogP contribution is 2.29. The summed E-state index contributed by atoms with van der Waals surface area (Å²) in [6.45, 7) is 4.02. The van der Waals surface area contributed by atoms with Crippen molar-refractivity contribution < 1.29 is 13.2 Å². The van der Waals surface area contributed by atoms with Crippen LogP contribution in [0, 0.1) is 12.8 Å². The Bertz CT molecular complexity index is 1060. The van der Waals surface area contributed by atoms with E-state index in [9.17, 15) is 13.2 Å². The standard InChI is InChI=1S/C20H25N5O3S/c1-14-12-17(21-24(14)3)20(26)23(2)13-15-8-10-25(11-9-15)19-16-6-4-5-7-18(16)29(27,28)22-19/h4-7,12,15H,8-11,13H2,1-3H3. The van der Waals surface area contributed by atoms with Crippen molar-refractivity contribution in [2.24, 2.45) is 17.4 Å². The largest absolute Gasteiger partial charge is 0.355 e. The molecule has 0 unspecified atom stereocenters. The molecule has 0 N–H and O–H groups in total. The summed E-state index contributed by atoms with van der Waals surface area (Å²) in [7, 11) is 0.0379. The van der Waals surface area contributed by atoms with Crippen LogP contribution in [0.25, 0.3) is 0 Å². The lowest BCUT2D eigenvalue weighted by atomic mass is 9.95. The van der Waals surface area contributed by atoms with Gasteiger partial charge in [0.25, 0.3) is 15.9 Å². The van der Waals surface area contributed by atoms with E-state index in [1.165, 1.54) is 0 Å². The van der Waals surface area contributed by atoms with Gasteiger partial charge in [-0.3, -0.25) is 9.48 Å². The quantitative estimate of drug-likeness (QED) is 0.761. The summed E-state index contributed by atoms with van der Waals surface area (Å²) in [5.41, 5.74) is 2.10. The molecule has 0 aliphatic carbocycles. The smallest absolute Gasteiger partial charge is 0.285 e. The summed E-state index contributed by atoms with van der Waals surface area (Å²) in [4.78, 5) is 16.7. The average Bonchev–Trinajstić information content (AvgIpc) is 3.18. The van der Waals surface area contributed by atoms with Gasteiger partial charge in [-0.25, -0.2) is 0 Å². The molecule has 4 rings (SSSR count). The zero-order valence-corrected chi connectivity index (χ0v) is 17.7. The average molecular weight is 416 g/mol. The zero-order valence-electron chi connectivity index (χ0n) is 16.9. The highest BCUT2D eigenvalue weighted by Gasteiger charge is 2.33. The number of hydrogen-bond acceptors (Lipinski definition) is 5. The molecule has 29 heavy (non-hydrogen) atoms. The topological polar surface area (TPSA) is 87.9 Å². The number of fused-ring (bicyclic) bond motifs is 1. The molecule has 1 aromatic heterocycles. The number of piperidine rings is 1. The molecule has 154 valence electrons. The van der Waals surface area contributed by atoms with Gasteiger partial charge in [-0.2, -0.15) is 13.5 Å². The molecule has 1 saturated heterocycles. The second-order valence-corrected chi connectivity index (χ2v) is 9.37. The number of carbonyl (C=O) groups excluding carboxylic acids is 1. The maximum Gasteiger partial charge on any atom is 0.285 e. The monoisotopic (exact) mass is 415 g/mol. The van der Waals surface area contributed by atoms with Crippen molar-refractivity contribution in [1.29, 1.82) is 0 Å². The maximum absolute atomic E-state index is 12.6. The molecule has 0 saturated carbocycles. The van der Waals surface area contributed by atoms with Crippen LogP contribution in [0.5, 0.6) is 0 Å². The van der Waals surface area contributed by atoms with Crippen LogP contribution in [0.15, 0.2) is 39.6 Å². The summed E-state index contributed by atoms with van der Waals surface area (Å²) >= 11 is 0. The van der Waals surface area contributed by atoms with Crippen molar-refractivity contribution >= 4 is 21.8 Å². The van der Waals surface area contributed by atoms with Crippen LogP contribution in [0.4, 0.5) is 0 Å². The van der Waals surface area contributed by atoms with E-state index in [4.69, 9.17) is 0 Å². The van der Waals surface area contributed by atoms with E-state index in [1.54, 1.807) is 27.8 Å². The van der Waals surface area contributed by atoms with Crippen LogP contribution in [-0.4, -0.2) is 66.4 Å². The predicted molar refractivity (Wildman–Crippen MR) is 109 cm³/mol. The van der Waals surface area contributed by atoms with Crippen LogP contribution in [0.3, 0.4) is 0 Å². The molecule has 0 spiro atoms. The lowest BCUT2D eigenvalue weighted by molar-refractivity contribution is 0.0747. The molecular formula is C20H25N5O3S. The van der Waals surface area contributed by atoms with Crippen LogP contribution in [-0.2, 0) is 17.1 Å². The Morgan fingerprint density at radius 1 is 1.24 bits per heavy atom. The first-order valence-electron chi connectivity index (χ1n) is 9.71. The fourth-order valence-electron chi connectivity index (χ4n) is 3.97. The summed E-state index contributed by atoms with van der Waals surface area (Å²) in [5.74, 6) is 0.836. The van der Waals surface area contributed by atoms with E-state index in [-0.39, 0.29) is 10.8 Å². The number of nitrogens with zero attached hydrogens (tertiary/aromatic N) is 5. The van der Waals surface area contributed by atoms with Crippen molar-refractivity contribution in [3.05, 3.63) is 47.3 Å². The number of benzene rings is 1. The van der Waals surface area contributed by atoms with Gasteiger partial charge in [0.2, 0.25) is 0 Å². The zero-order chi connectivity index (χ0) is 20.8. The fraction of sp³-hybridized carbons (Fsp3) is 0.450. The highest BCUT2D eigenvalue weighted by atomic mass is 32.2. The van der Waals surface area contributed by atoms with Gasteiger partial charge < -0.3 is 9.80 Å². The minimum absolute atomic E-state index is 0.0729. The van der Waals surface area contributed by atoms with Crippen LogP contribution in [0.1, 0.15) is 34.6 Å². The Morgan fingerprint density at radius 3 is 2.59 bits per heavy atom. The molecular weight excluding hydrogens is 390 g/mol. The second kappa shape index (κ2) is 7.29. The van der Waals surface area contributed by atoms with Gasteiger partial charge in [0.05, 0.1) is 0 Å². The number of sulfonamides is 1. The van der Waals surface area contributed by atoms with E-state index in [2.05, 4.69) is 9.50 Å². The van der Waals surface area contributed by atoms with Crippen molar-refractivity contribution in [3.63, 3.8) is 0 Å². The molecule has 1 fully saturated rings. The molecule has 8 nitrogen and oxygen atoms in total. The Hall–Kier alpha value is -2.68. The van der Waals surface area contributed by atoms with E-state index in [0.29, 0.717) is 29.6 Å². The number of rotatable bonds is 3. The fourth-order valence-corrected chi connectivity index (χ4v) is 5.20. The third kappa shape index (κ3) is 3.66. The molecule has 2 aliphatic heterocycles. The van der Waals surface area contributed by atoms with Gasteiger partial charge in [0.15, 0.2) is 11.5 Å². The number of aromatic nitrogens is 2. The SMILES string of the molecule is Cc1cc(C(=O)N(C)CC2CCN(C3=NS(=O)(=O)c4ccccc43)CC2)nn1C. The molecule has 2 aromatic rings. The molecule has 0 atom stereocenters. The molecule has 1 amide bonds. The minimum atomic E-state index is -3.60. The third-order valence-electron chi connectivity index (χ3n) is 5.74. The number of aryl methyl sites for hydroxylation is 2. The van der Waals surface area contributed by atoms with Crippen molar-refractivity contribution in [2.45, 2.75) is 24.7 Å². The number of hydrogen-bond donors (Lipinski definition) is 0. The van der Waals surface area contributed by atoms with Crippen LogP contribution >= 0.6 is 0 Å². The summed E-state index contributed by atoms with van der Waals surface area (Å²) in [6, 6.07) is 8.77. The Labute approximate surface area is 170 Å². The first-order chi connectivity index (χ1) is 13.8. The number of amides is 1. The van der Waals surface area contributed by atoms with Crippen LogP contribution < -0.4 is 0 Å². The lowest BCUT2D eigenvalue weighted by Gasteiger charge is -2.34. The van der Waals surface area contributed by atoms with E-state index < -0.39 is 10.0 Å². The van der Waals surface area contributed by atoms with Crippen molar-refractivity contribution in [3.8, 4) is 0 Å². The molecule has 2 aliphatic rings. The minimum Gasteiger partial charge on any atom is -0.355 e. The maximum atomic E-state index is 12.6. The van der Waals surface area contributed by atoms with Gasteiger partial charge in [-0.1, -0.05) is 12.1 Å². The number of carbonyl (C=O) groups is 1. The first-order valence-corrected chi connectivity index (χ1v) is 11.2. The summed E-state index contributed by atoms with van der Waals surface area (Å²) in [6.07, 6.45) is 1.75. The second-order valence-electron chi connectivity index (χ2n) is 7.80. The molecule has 9 heteroatoms. The normalized spacial score (nSPS) is 18.4. The number of likely N-dealkylation sites (tertiary alicyclic amines) is 1. The van der Waals surface area contributed by atoms with Crippen molar-refractivity contribution in [1.82, 2.24) is 19.6 Å². The van der Waals surface area contributed by atoms with Crippen molar-refractivity contribution in [2.75, 3.05) is 26.7 Å². The number of amidine groups is 1. The summed E-state index contributed by atoms with van der Waals surface area (Å²) in [5, 5.41) is 4.27. The van der Waals surface area contributed by atoms with E-state index >= 15 is 0 Å². The van der Waals surface area contributed by atoms with E-state index in [1.807, 2.05) is 38.1 Å². The summed E-state index contributed by atoms with van der Waals surface area (Å²) < 4.78 is 30.3. The predicted octanol–water partition coefficient (Wildman–Crippen LogP) is 1.66. The van der Waals surface area contributed by atoms with Gasteiger partial charge in [0.1, 0.15) is 4.90 Å². The van der Waals surface area contributed by atoms with Gasteiger partial charge in [-0.05, 0) is 43.9 Å². The Kier molecular flexibility index (Phi) is 4.94. The molecule has 0 radical (unpaired) electrons. The highest BCUT2D eigenvalue weighted by molar-refractivity contribution is 7.90. The Morgan fingerprint density at radius 2 is 1.93 bits per heavy atom. The van der Waals surface area contributed by atoms with Crippen LogP contribution in [0.2, 0.25) is 0 Å². The molecule has 1 aromatic carbocycles. The van der Waals surface area contributed by atoms with Gasteiger partial charge >= 0.3 is 0 Å².